The molecular weight excluding hydrogens is 188 g/mol. The molecule has 1 N–H and O–H groups in total. The molecule has 0 aliphatic carbocycles. The minimum atomic E-state index is 0.695. The molecule has 0 radical (unpaired) electrons. The molecular formula is C12H28N2O. The summed E-state index contributed by atoms with van der Waals surface area (Å²) in [4.78, 5) is 2.40. The average molecular weight is 216 g/mol. The maximum Gasteiger partial charge on any atom is 0.0462 e. The zero-order chi connectivity index (χ0) is 11.5. The molecule has 0 aliphatic rings. The predicted molar refractivity (Wildman–Crippen MR) is 66.4 cm³/mol. The average Bonchev–Trinajstić information content (AvgIpc) is 2.26. The minimum absolute atomic E-state index is 0.695. The van der Waals surface area contributed by atoms with Crippen molar-refractivity contribution in [3.63, 3.8) is 0 Å². The first kappa shape index (κ1) is 14.9. The van der Waals surface area contributed by atoms with E-state index < -0.39 is 0 Å². The number of ether oxygens (including phenoxy) is 1. The van der Waals surface area contributed by atoms with Gasteiger partial charge < -0.3 is 15.0 Å². The van der Waals surface area contributed by atoms with Crippen LogP contribution >= 0.6 is 0 Å². The first-order valence-electron chi connectivity index (χ1n) is 6.12. The van der Waals surface area contributed by atoms with Gasteiger partial charge in [-0.25, -0.2) is 0 Å². The van der Waals surface area contributed by atoms with Crippen LogP contribution in [0.25, 0.3) is 0 Å². The Labute approximate surface area is 95.2 Å². The number of hydrogen-bond acceptors (Lipinski definition) is 3. The number of likely N-dealkylation sites (N-methyl/N-ethyl adjacent to an activating group) is 1. The van der Waals surface area contributed by atoms with Crippen LogP contribution in [-0.4, -0.2) is 51.3 Å². The monoisotopic (exact) mass is 216 g/mol. The van der Waals surface area contributed by atoms with Gasteiger partial charge in [0.1, 0.15) is 0 Å². The van der Waals surface area contributed by atoms with Crippen LogP contribution in [0.15, 0.2) is 0 Å². The normalized spacial score (nSPS) is 13.4. The van der Waals surface area contributed by atoms with Crippen molar-refractivity contribution in [2.45, 2.75) is 39.2 Å². The van der Waals surface area contributed by atoms with E-state index in [9.17, 15) is 0 Å². The number of hydrogen-bond donors (Lipinski definition) is 1. The molecule has 1 unspecified atom stereocenters. The largest absolute Gasteiger partial charge is 0.385 e. The van der Waals surface area contributed by atoms with E-state index in [1.54, 1.807) is 7.11 Å². The number of rotatable bonds is 10. The van der Waals surface area contributed by atoms with Crippen molar-refractivity contribution < 1.29 is 4.74 Å². The standard InChI is InChI=1S/C12H28N2O/c1-5-12(2)14(3)10-9-13-8-6-7-11-15-4/h12-13H,5-11H2,1-4H3. The second-order valence-electron chi connectivity index (χ2n) is 4.19. The Bertz CT molecular complexity index is 131. The van der Waals surface area contributed by atoms with Gasteiger partial charge in [-0.1, -0.05) is 6.92 Å². The summed E-state index contributed by atoms with van der Waals surface area (Å²) in [5, 5.41) is 3.46. The molecule has 0 bridgehead atoms. The third-order valence-electron chi connectivity index (χ3n) is 2.94. The fourth-order valence-electron chi connectivity index (χ4n) is 1.41. The van der Waals surface area contributed by atoms with E-state index >= 15 is 0 Å². The van der Waals surface area contributed by atoms with Crippen LogP contribution in [0.3, 0.4) is 0 Å². The molecule has 3 heteroatoms. The van der Waals surface area contributed by atoms with Crippen molar-refractivity contribution in [1.82, 2.24) is 10.2 Å². The first-order chi connectivity index (χ1) is 7.22. The van der Waals surface area contributed by atoms with Gasteiger partial charge in [-0.05, 0) is 39.8 Å². The van der Waals surface area contributed by atoms with Crippen molar-refractivity contribution in [1.29, 1.82) is 0 Å². The maximum absolute atomic E-state index is 5.00. The third kappa shape index (κ3) is 8.85. The summed E-state index contributed by atoms with van der Waals surface area (Å²) in [7, 11) is 3.95. The van der Waals surface area contributed by atoms with E-state index in [0.717, 1.165) is 32.7 Å². The number of nitrogens with zero attached hydrogens (tertiary/aromatic N) is 1. The molecule has 0 fully saturated rings. The summed E-state index contributed by atoms with van der Waals surface area (Å²) in [6.45, 7) is 8.73. The van der Waals surface area contributed by atoms with Crippen LogP contribution in [-0.2, 0) is 4.74 Å². The third-order valence-corrected chi connectivity index (χ3v) is 2.94. The lowest BCUT2D eigenvalue weighted by atomic mass is 10.2. The van der Waals surface area contributed by atoms with Gasteiger partial charge >= 0.3 is 0 Å². The van der Waals surface area contributed by atoms with E-state index in [1.807, 2.05) is 0 Å². The van der Waals surface area contributed by atoms with Crippen molar-refractivity contribution in [3.8, 4) is 0 Å². The summed E-state index contributed by atoms with van der Waals surface area (Å²) in [6.07, 6.45) is 3.59. The molecule has 0 spiro atoms. The van der Waals surface area contributed by atoms with Crippen molar-refractivity contribution in [2.75, 3.05) is 40.4 Å². The summed E-state index contributed by atoms with van der Waals surface area (Å²) in [6, 6.07) is 0.695. The second-order valence-corrected chi connectivity index (χ2v) is 4.19. The molecule has 15 heavy (non-hydrogen) atoms. The lowest BCUT2D eigenvalue weighted by Crippen LogP contribution is -2.35. The highest BCUT2D eigenvalue weighted by molar-refractivity contribution is 4.62. The quantitative estimate of drug-likeness (QED) is 0.563. The van der Waals surface area contributed by atoms with Crippen LogP contribution in [0.4, 0.5) is 0 Å². The van der Waals surface area contributed by atoms with E-state index in [1.165, 1.54) is 12.8 Å². The Morgan fingerprint density at radius 3 is 2.60 bits per heavy atom. The molecule has 0 rings (SSSR count). The van der Waals surface area contributed by atoms with Crippen LogP contribution in [0.1, 0.15) is 33.1 Å². The van der Waals surface area contributed by atoms with Gasteiger partial charge in [0, 0.05) is 32.8 Å². The molecule has 3 nitrogen and oxygen atoms in total. The van der Waals surface area contributed by atoms with Gasteiger partial charge in [0.2, 0.25) is 0 Å². The van der Waals surface area contributed by atoms with Crippen LogP contribution in [0.2, 0.25) is 0 Å². The number of nitrogens with one attached hydrogen (secondary N) is 1. The highest BCUT2D eigenvalue weighted by Gasteiger charge is 2.04. The van der Waals surface area contributed by atoms with Crippen LogP contribution in [0, 0.1) is 0 Å². The zero-order valence-electron chi connectivity index (χ0n) is 10.9. The van der Waals surface area contributed by atoms with Gasteiger partial charge in [-0.15, -0.1) is 0 Å². The fourth-order valence-corrected chi connectivity index (χ4v) is 1.41. The van der Waals surface area contributed by atoms with E-state index in [2.05, 4.69) is 31.1 Å². The molecule has 0 saturated heterocycles. The molecule has 0 aromatic heterocycles. The van der Waals surface area contributed by atoms with Gasteiger partial charge in [0.25, 0.3) is 0 Å². The van der Waals surface area contributed by atoms with E-state index in [0.29, 0.717) is 6.04 Å². The predicted octanol–water partition coefficient (Wildman–Crippen LogP) is 1.73. The van der Waals surface area contributed by atoms with Crippen LogP contribution < -0.4 is 5.32 Å². The molecule has 0 amide bonds. The summed E-state index contributed by atoms with van der Waals surface area (Å²) >= 11 is 0. The Morgan fingerprint density at radius 1 is 1.27 bits per heavy atom. The topological polar surface area (TPSA) is 24.5 Å². The minimum Gasteiger partial charge on any atom is -0.385 e. The summed E-state index contributed by atoms with van der Waals surface area (Å²) in [5.41, 5.74) is 0. The highest BCUT2D eigenvalue weighted by atomic mass is 16.5. The number of methoxy groups -OCH3 is 1. The molecule has 0 aromatic carbocycles. The summed E-state index contributed by atoms with van der Waals surface area (Å²) < 4.78 is 5.00. The molecule has 0 aromatic rings. The molecule has 1 atom stereocenters. The van der Waals surface area contributed by atoms with Gasteiger partial charge in [-0.3, -0.25) is 0 Å². The maximum atomic E-state index is 5.00. The van der Waals surface area contributed by atoms with Gasteiger partial charge in [0.05, 0.1) is 0 Å². The van der Waals surface area contributed by atoms with Gasteiger partial charge in [-0.2, -0.15) is 0 Å². The Kier molecular flexibility index (Phi) is 10.3. The molecule has 0 aliphatic heterocycles. The van der Waals surface area contributed by atoms with Crippen molar-refractivity contribution in [2.24, 2.45) is 0 Å². The highest BCUT2D eigenvalue weighted by Crippen LogP contribution is 1.98. The molecule has 0 saturated carbocycles. The smallest absolute Gasteiger partial charge is 0.0462 e. The fraction of sp³-hybridized carbons (Fsp3) is 1.00. The molecule has 92 valence electrons. The van der Waals surface area contributed by atoms with Crippen molar-refractivity contribution in [3.05, 3.63) is 0 Å². The van der Waals surface area contributed by atoms with Crippen LogP contribution in [0.5, 0.6) is 0 Å². The Hall–Kier alpha value is -0.120. The first-order valence-corrected chi connectivity index (χ1v) is 6.12. The lowest BCUT2D eigenvalue weighted by molar-refractivity contribution is 0.192. The van der Waals surface area contributed by atoms with E-state index in [4.69, 9.17) is 4.74 Å². The Morgan fingerprint density at radius 2 is 2.00 bits per heavy atom. The lowest BCUT2D eigenvalue weighted by Gasteiger charge is -2.23. The summed E-state index contributed by atoms with van der Waals surface area (Å²) in [5.74, 6) is 0. The van der Waals surface area contributed by atoms with E-state index in [-0.39, 0.29) is 0 Å². The number of unbranched alkanes of at least 4 members (excludes halogenated alkanes) is 1. The van der Waals surface area contributed by atoms with Gasteiger partial charge in [0.15, 0.2) is 0 Å². The Balaban J connectivity index is 3.16. The second kappa shape index (κ2) is 10.4. The van der Waals surface area contributed by atoms with Crippen molar-refractivity contribution >= 4 is 0 Å². The SMILES string of the molecule is CCC(C)N(C)CCNCCCCOC. The zero-order valence-corrected chi connectivity index (χ0v) is 10.9. The molecule has 0 heterocycles.